The summed E-state index contributed by atoms with van der Waals surface area (Å²) in [5, 5.41) is 29.5. The van der Waals surface area contributed by atoms with Gasteiger partial charge in [-0.3, -0.25) is 10.2 Å². The van der Waals surface area contributed by atoms with Crippen LogP contribution in [0.2, 0.25) is 0 Å². The zero-order chi connectivity index (χ0) is 35.8. The van der Waals surface area contributed by atoms with Crippen molar-refractivity contribution in [2.45, 2.75) is 70.0 Å². The molecule has 12 nitrogen and oxygen atoms in total. The third kappa shape index (κ3) is 10.4. The molecular formula is C30H33F6N7O5. The summed E-state index contributed by atoms with van der Waals surface area (Å²) < 4.78 is 63.5. The summed E-state index contributed by atoms with van der Waals surface area (Å²) in [6.07, 6.45) is -5.28. The van der Waals surface area contributed by atoms with Crippen molar-refractivity contribution in [3.8, 4) is 0 Å². The molecule has 48 heavy (non-hydrogen) atoms. The summed E-state index contributed by atoms with van der Waals surface area (Å²) in [4.78, 5) is 42.5. The van der Waals surface area contributed by atoms with Crippen LogP contribution < -0.4 is 16.4 Å². The summed E-state index contributed by atoms with van der Waals surface area (Å²) in [6.45, 7) is 3.26. The molecule has 7 N–H and O–H groups in total. The molecule has 1 saturated carbocycles. The van der Waals surface area contributed by atoms with Crippen molar-refractivity contribution in [3.05, 3.63) is 65.0 Å². The molecule has 2 aliphatic rings. The molecule has 1 aromatic heterocycles. The summed E-state index contributed by atoms with van der Waals surface area (Å²) in [6, 6.07) is 14.4. The topological polar surface area (TPSA) is 195 Å². The van der Waals surface area contributed by atoms with Gasteiger partial charge in [-0.05, 0) is 49.4 Å². The SMILES string of the molecule is Cc1ccc2nc(C(=O)N3CCc4ccccc4C3)nc(NC3CCCCC3NC(=N)N)c2c1.O=C(O)C(F)(F)F.O=C(O)C(F)(F)F. The number of nitrogens with two attached hydrogens (primary N) is 1. The first-order valence-electron chi connectivity index (χ1n) is 14.5. The van der Waals surface area contributed by atoms with Crippen LogP contribution in [0.25, 0.3) is 10.9 Å². The molecule has 0 radical (unpaired) electrons. The molecule has 3 aromatic rings. The molecule has 2 atom stereocenters. The number of carboxylic acid groups (broad SMARTS) is 2. The minimum atomic E-state index is -5.08. The first-order valence-corrected chi connectivity index (χ1v) is 14.5. The number of amides is 1. The van der Waals surface area contributed by atoms with Gasteiger partial charge >= 0.3 is 24.3 Å². The lowest BCUT2D eigenvalue weighted by Crippen LogP contribution is -2.50. The number of fused-ring (bicyclic) bond motifs is 2. The molecule has 1 aliphatic carbocycles. The highest BCUT2D eigenvalue weighted by Gasteiger charge is 2.39. The van der Waals surface area contributed by atoms with E-state index < -0.39 is 24.3 Å². The van der Waals surface area contributed by atoms with Gasteiger partial charge in [-0.15, -0.1) is 0 Å². The van der Waals surface area contributed by atoms with Crippen LogP contribution in [-0.4, -0.2) is 79.9 Å². The van der Waals surface area contributed by atoms with Crippen molar-refractivity contribution in [2.75, 3.05) is 11.9 Å². The van der Waals surface area contributed by atoms with E-state index in [1.807, 2.05) is 36.1 Å². The number of alkyl halides is 6. The Bertz CT molecular complexity index is 1630. The second-order valence-electron chi connectivity index (χ2n) is 11.0. The van der Waals surface area contributed by atoms with Crippen LogP contribution in [0.1, 0.15) is 53.0 Å². The van der Waals surface area contributed by atoms with Gasteiger partial charge in [0, 0.05) is 30.6 Å². The van der Waals surface area contributed by atoms with E-state index >= 15 is 0 Å². The highest BCUT2D eigenvalue weighted by Crippen LogP contribution is 2.28. The third-order valence-corrected chi connectivity index (χ3v) is 7.37. The van der Waals surface area contributed by atoms with Crippen LogP contribution in [0, 0.1) is 12.3 Å². The monoisotopic (exact) mass is 685 g/mol. The first kappa shape index (κ1) is 37.3. The van der Waals surface area contributed by atoms with Gasteiger partial charge in [0.25, 0.3) is 5.91 Å². The Morgan fingerprint density at radius 3 is 2.04 bits per heavy atom. The normalized spacial score (nSPS) is 17.4. The van der Waals surface area contributed by atoms with Gasteiger partial charge in [0.1, 0.15) is 5.82 Å². The van der Waals surface area contributed by atoms with Gasteiger partial charge in [0.05, 0.1) is 5.52 Å². The number of halogens is 6. The maximum atomic E-state index is 13.5. The number of hydrogen-bond acceptors (Lipinski definition) is 7. The van der Waals surface area contributed by atoms with Gasteiger partial charge in [0.15, 0.2) is 5.96 Å². The molecule has 1 fully saturated rings. The van der Waals surface area contributed by atoms with Crippen LogP contribution in [0.5, 0.6) is 0 Å². The molecule has 2 heterocycles. The molecule has 1 aliphatic heterocycles. The Hall–Kier alpha value is -5.16. The van der Waals surface area contributed by atoms with Crippen LogP contribution >= 0.6 is 0 Å². The molecule has 0 bridgehead atoms. The summed E-state index contributed by atoms with van der Waals surface area (Å²) in [5.74, 6) is -4.81. The zero-order valence-corrected chi connectivity index (χ0v) is 25.5. The molecule has 2 aromatic carbocycles. The number of anilines is 1. The third-order valence-electron chi connectivity index (χ3n) is 7.37. The minimum Gasteiger partial charge on any atom is -0.475 e. The number of aryl methyl sites for hydroxylation is 1. The molecule has 5 rings (SSSR count). The van der Waals surface area contributed by atoms with Crippen LogP contribution in [-0.2, 0) is 22.6 Å². The van der Waals surface area contributed by atoms with E-state index in [9.17, 15) is 31.1 Å². The number of carbonyl (C=O) groups excluding carboxylic acids is 1. The molecule has 2 unspecified atom stereocenters. The number of nitrogens with zero attached hydrogens (tertiary/aromatic N) is 3. The highest BCUT2D eigenvalue weighted by atomic mass is 19.4. The Labute approximate surface area is 269 Å². The number of aliphatic carboxylic acids is 2. The van der Waals surface area contributed by atoms with E-state index in [1.165, 1.54) is 11.1 Å². The Kier molecular flexibility index (Phi) is 12.1. The molecule has 0 saturated heterocycles. The van der Waals surface area contributed by atoms with Gasteiger partial charge in [-0.1, -0.05) is 48.7 Å². The molecule has 18 heteroatoms. The second kappa shape index (κ2) is 15.6. The van der Waals surface area contributed by atoms with Crippen molar-refractivity contribution < 1.29 is 50.9 Å². The molecule has 260 valence electrons. The van der Waals surface area contributed by atoms with Gasteiger partial charge in [-0.25, -0.2) is 19.6 Å². The smallest absolute Gasteiger partial charge is 0.475 e. The van der Waals surface area contributed by atoms with Crippen molar-refractivity contribution in [1.82, 2.24) is 20.2 Å². The van der Waals surface area contributed by atoms with Gasteiger partial charge in [0.2, 0.25) is 5.82 Å². The second-order valence-corrected chi connectivity index (χ2v) is 11.0. The van der Waals surface area contributed by atoms with Crippen molar-refractivity contribution in [1.29, 1.82) is 5.41 Å². The average Bonchev–Trinajstić information content (AvgIpc) is 3.01. The highest BCUT2D eigenvalue weighted by molar-refractivity contribution is 5.97. The zero-order valence-electron chi connectivity index (χ0n) is 25.5. The first-order chi connectivity index (χ1) is 22.4. The lowest BCUT2D eigenvalue weighted by molar-refractivity contribution is -0.193. The number of guanidine groups is 1. The predicted molar refractivity (Wildman–Crippen MR) is 161 cm³/mol. The van der Waals surface area contributed by atoms with Gasteiger partial charge in [-0.2, -0.15) is 26.3 Å². The maximum Gasteiger partial charge on any atom is 0.490 e. The standard InChI is InChI=1S/C26H31N7O.2C2HF3O2/c1-16-10-11-20-19(14-16)23(30-21-8-4-5-9-22(21)31-26(27)28)32-24(29-20)25(34)33-13-12-17-6-2-3-7-18(17)15-33;2*3-2(4,5)1(6)7/h2-3,6-7,10-11,14,21-22H,4-5,8-9,12-13,15H2,1H3,(H4,27,28,31)(H,29,30,32);2*(H,6,7). The van der Waals surface area contributed by atoms with E-state index in [0.29, 0.717) is 18.9 Å². The Morgan fingerprint density at radius 1 is 0.917 bits per heavy atom. The number of aromatic nitrogens is 2. The number of carbonyl (C=O) groups is 3. The largest absolute Gasteiger partial charge is 0.490 e. The summed E-state index contributed by atoms with van der Waals surface area (Å²) in [7, 11) is 0. The molecular weight excluding hydrogens is 652 g/mol. The maximum absolute atomic E-state index is 13.5. The van der Waals surface area contributed by atoms with E-state index in [-0.39, 0.29) is 29.8 Å². The number of carboxylic acids is 2. The minimum absolute atomic E-state index is 0.0247. The number of nitrogens with one attached hydrogen (secondary N) is 3. The number of hydrogen-bond donors (Lipinski definition) is 6. The number of benzene rings is 2. The lowest BCUT2D eigenvalue weighted by atomic mass is 9.90. The molecule has 0 spiro atoms. The van der Waals surface area contributed by atoms with Crippen molar-refractivity contribution in [3.63, 3.8) is 0 Å². The summed E-state index contributed by atoms with van der Waals surface area (Å²) >= 11 is 0. The quantitative estimate of drug-likeness (QED) is 0.128. The molecule has 1 amide bonds. The fourth-order valence-electron chi connectivity index (χ4n) is 5.11. The van der Waals surface area contributed by atoms with Crippen LogP contribution in [0.3, 0.4) is 0 Å². The Morgan fingerprint density at radius 2 is 1.48 bits per heavy atom. The fourth-order valence-corrected chi connectivity index (χ4v) is 5.11. The predicted octanol–water partition coefficient (Wildman–Crippen LogP) is 4.61. The number of rotatable bonds is 4. The van der Waals surface area contributed by atoms with E-state index in [4.69, 9.17) is 35.9 Å². The van der Waals surface area contributed by atoms with Crippen molar-refractivity contribution in [2.24, 2.45) is 5.73 Å². The van der Waals surface area contributed by atoms with Crippen LogP contribution in [0.15, 0.2) is 42.5 Å². The Balaban J connectivity index is 0.000000376. The van der Waals surface area contributed by atoms with E-state index in [0.717, 1.165) is 48.6 Å². The lowest BCUT2D eigenvalue weighted by Gasteiger charge is -2.33. The fraction of sp³-hybridized carbons (Fsp3) is 0.400. The van der Waals surface area contributed by atoms with E-state index in [2.05, 4.69) is 33.8 Å². The average molecular weight is 686 g/mol. The van der Waals surface area contributed by atoms with E-state index in [1.54, 1.807) is 0 Å². The van der Waals surface area contributed by atoms with Gasteiger partial charge < -0.3 is 31.5 Å². The van der Waals surface area contributed by atoms with Crippen molar-refractivity contribution >= 4 is 40.5 Å². The van der Waals surface area contributed by atoms with Crippen LogP contribution in [0.4, 0.5) is 32.2 Å². The summed E-state index contributed by atoms with van der Waals surface area (Å²) in [5.41, 5.74) is 9.96.